The average molecular weight is 341 g/mol. The number of rotatable bonds is 3. The molecule has 0 spiro atoms. The van der Waals surface area contributed by atoms with Crippen LogP contribution in [0.15, 0.2) is 47.4 Å². The summed E-state index contributed by atoms with van der Waals surface area (Å²) < 4.78 is 0. The number of urea groups is 1. The zero-order valence-electron chi connectivity index (χ0n) is 13.6. The number of anilines is 2. The first-order chi connectivity index (χ1) is 11.5. The summed E-state index contributed by atoms with van der Waals surface area (Å²) in [5.41, 5.74) is 3.72. The van der Waals surface area contributed by atoms with E-state index in [4.69, 9.17) is 0 Å². The van der Waals surface area contributed by atoms with Crippen LogP contribution in [0, 0.1) is 6.92 Å². The normalized spacial score (nSPS) is 13.4. The third-order valence-electron chi connectivity index (χ3n) is 3.88. The monoisotopic (exact) mass is 341 g/mol. The molecule has 0 atom stereocenters. The quantitative estimate of drug-likeness (QED) is 0.900. The van der Waals surface area contributed by atoms with Crippen LogP contribution in [0.2, 0.25) is 0 Å². The Morgan fingerprint density at radius 3 is 2.71 bits per heavy atom. The molecular formula is C18H19N3O2S. The number of benzene rings is 2. The second-order valence-electron chi connectivity index (χ2n) is 5.72. The summed E-state index contributed by atoms with van der Waals surface area (Å²) in [6, 6.07) is 13.3. The fourth-order valence-electron chi connectivity index (χ4n) is 2.41. The van der Waals surface area contributed by atoms with Crippen LogP contribution in [0.5, 0.6) is 0 Å². The molecule has 0 saturated carbocycles. The lowest BCUT2D eigenvalue weighted by Crippen LogP contribution is -2.32. The van der Waals surface area contributed by atoms with E-state index in [1.165, 1.54) is 17.3 Å². The predicted octanol–water partition coefficient (Wildman–Crippen LogP) is 3.39. The van der Waals surface area contributed by atoms with Gasteiger partial charge in [-0.25, -0.2) is 4.79 Å². The summed E-state index contributed by atoms with van der Waals surface area (Å²) in [7, 11) is 1.75. The molecule has 0 aliphatic carbocycles. The van der Waals surface area contributed by atoms with Crippen molar-refractivity contribution in [2.24, 2.45) is 0 Å². The number of amides is 3. The lowest BCUT2D eigenvalue weighted by atomic mass is 10.1. The summed E-state index contributed by atoms with van der Waals surface area (Å²) in [6.07, 6.45) is 0. The van der Waals surface area contributed by atoms with Crippen molar-refractivity contribution < 1.29 is 9.59 Å². The molecule has 0 aromatic heterocycles. The van der Waals surface area contributed by atoms with Gasteiger partial charge >= 0.3 is 6.03 Å². The van der Waals surface area contributed by atoms with Crippen LogP contribution in [0.25, 0.3) is 0 Å². The fourth-order valence-corrected chi connectivity index (χ4v) is 3.39. The van der Waals surface area contributed by atoms with Gasteiger partial charge in [0.2, 0.25) is 5.91 Å². The number of hydrogen-bond donors (Lipinski definition) is 2. The third kappa shape index (κ3) is 3.71. The molecule has 0 saturated heterocycles. The molecule has 3 rings (SSSR count). The van der Waals surface area contributed by atoms with Gasteiger partial charge in [0.15, 0.2) is 0 Å². The molecule has 1 heterocycles. The topological polar surface area (TPSA) is 61.4 Å². The summed E-state index contributed by atoms with van der Waals surface area (Å²) in [5, 5.41) is 5.64. The first-order valence-corrected chi connectivity index (χ1v) is 8.65. The molecule has 0 unspecified atom stereocenters. The van der Waals surface area contributed by atoms with E-state index < -0.39 is 0 Å². The van der Waals surface area contributed by atoms with E-state index in [9.17, 15) is 9.59 Å². The molecule has 24 heavy (non-hydrogen) atoms. The van der Waals surface area contributed by atoms with Crippen LogP contribution in [-0.4, -0.2) is 24.7 Å². The second kappa shape index (κ2) is 6.97. The van der Waals surface area contributed by atoms with Gasteiger partial charge in [-0.15, -0.1) is 11.8 Å². The highest BCUT2D eigenvalue weighted by atomic mass is 32.2. The average Bonchev–Trinajstić information content (AvgIpc) is 2.58. The number of carbonyl (C=O) groups excluding carboxylic acids is 2. The van der Waals surface area contributed by atoms with E-state index in [0.29, 0.717) is 18.0 Å². The summed E-state index contributed by atoms with van der Waals surface area (Å²) >= 11 is 1.52. The summed E-state index contributed by atoms with van der Waals surface area (Å²) in [5.74, 6) is 0.515. The third-order valence-corrected chi connectivity index (χ3v) is 4.92. The number of hydrogen-bond acceptors (Lipinski definition) is 3. The minimum Gasteiger partial charge on any atom is -0.334 e. The van der Waals surface area contributed by atoms with Gasteiger partial charge < -0.3 is 15.5 Å². The number of nitrogens with zero attached hydrogens (tertiary/aromatic N) is 1. The maximum atomic E-state index is 12.1. The van der Waals surface area contributed by atoms with Crippen molar-refractivity contribution in [1.82, 2.24) is 5.32 Å². The highest BCUT2D eigenvalue weighted by Crippen LogP contribution is 2.36. The van der Waals surface area contributed by atoms with Crippen molar-refractivity contribution in [2.75, 3.05) is 23.0 Å². The number of aryl methyl sites for hydroxylation is 1. The van der Waals surface area contributed by atoms with Gasteiger partial charge in [-0.1, -0.05) is 29.8 Å². The lowest BCUT2D eigenvalue weighted by molar-refractivity contribution is -0.116. The first-order valence-electron chi connectivity index (χ1n) is 7.67. The standard InChI is InChI=1S/C18H19N3O2S/c1-12-3-5-13(6-4-12)10-19-18(23)20-14-7-8-16-15(9-14)21(2)17(22)11-24-16/h3-9H,10-11H2,1-2H3,(H2,19,20,23). The van der Waals surface area contributed by atoms with Gasteiger partial charge in [0.1, 0.15) is 0 Å². The number of thioether (sulfide) groups is 1. The molecule has 6 heteroatoms. The maximum absolute atomic E-state index is 12.1. The zero-order valence-corrected chi connectivity index (χ0v) is 14.4. The van der Waals surface area contributed by atoms with E-state index in [0.717, 1.165) is 16.1 Å². The minimum absolute atomic E-state index is 0.0634. The van der Waals surface area contributed by atoms with Gasteiger partial charge in [0.05, 0.1) is 11.4 Å². The highest BCUT2D eigenvalue weighted by molar-refractivity contribution is 8.00. The zero-order chi connectivity index (χ0) is 17.1. The van der Waals surface area contributed by atoms with Crippen molar-refractivity contribution in [3.05, 3.63) is 53.6 Å². The molecule has 5 nitrogen and oxygen atoms in total. The molecule has 3 amide bonds. The molecule has 2 aromatic rings. The van der Waals surface area contributed by atoms with Gasteiger partial charge in [-0.05, 0) is 30.7 Å². The Bertz CT molecular complexity index is 774. The van der Waals surface area contributed by atoms with E-state index >= 15 is 0 Å². The number of fused-ring (bicyclic) bond motifs is 1. The van der Waals surface area contributed by atoms with Crippen molar-refractivity contribution in [3.63, 3.8) is 0 Å². The first kappa shape index (κ1) is 16.4. The Hall–Kier alpha value is -2.47. The van der Waals surface area contributed by atoms with Crippen LogP contribution >= 0.6 is 11.8 Å². The van der Waals surface area contributed by atoms with E-state index in [2.05, 4.69) is 10.6 Å². The molecule has 2 aromatic carbocycles. The molecular weight excluding hydrogens is 322 g/mol. The minimum atomic E-state index is -0.270. The predicted molar refractivity (Wildman–Crippen MR) is 97.6 cm³/mol. The molecule has 0 bridgehead atoms. The van der Waals surface area contributed by atoms with Gasteiger partial charge in [-0.3, -0.25) is 4.79 Å². The molecule has 0 radical (unpaired) electrons. The summed E-state index contributed by atoms with van der Waals surface area (Å²) in [6.45, 7) is 2.49. The van der Waals surface area contributed by atoms with Crippen molar-refractivity contribution >= 4 is 35.1 Å². The highest BCUT2D eigenvalue weighted by Gasteiger charge is 2.21. The van der Waals surface area contributed by atoms with E-state index in [-0.39, 0.29) is 11.9 Å². The van der Waals surface area contributed by atoms with Crippen LogP contribution in [0.3, 0.4) is 0 Å². The Labute approximate surface area is 145 Å². The lowest BCUT2D eigenvalue weighted by Gasteiger charge is -2.25. The van der Waals surface area contributed by atoms with Gasteiger partial charge in [0, 0.05) is 24.2 Å². The fraction of sp³-hybridized carbons (Fsp3) is 0.222. The van der Waals surface area contributed by atoms with Crippen molar-refractivity contribution in [2.45, 2.75) is 18.4 Å². The Morgan fingerprint density at radius 1 is 1.21 bits per heavy atom. The number of nitrogens with one attached hydrogen (secondary N) is 2. The molecule has 0 fully saturated rings. The SMILES string of the molecule is Cc1ccc(CNC(=O)Nc2ccc3c(c2)N(C)C(=O)CS3)cc1. The Kier molecular flexibility index (Phi) is 4.76. The summed E-state index contributed by atoms with van der Waals surface area (Å²) in [4.78, 5) is 26.5. The van der Waals surface area contributed by atoms with Crippen LogP contribution in [-0.2, 0) is 11.3 Å². The van der Waals surface area contributed by atoms with E-state index in [1.807, 2.05) is 49.4 Å². The number of carbonyl (C=O) groups is 2. The molecule has 1 aliphatic rings. The molecule has 124 valence electrons. The maximum Gasteiger partial charge on any atom is 0.319 e. The Balaban J connectivity index is 1.62. The van der Waals surface area contributed by atoms with Crippen LogP contribution in [0.1, 0.15) is 11.1 Å². The van der Waals surface area contributed by atoms with Crippen LogP contribution in [0.4, 0.5) is 16.2 Å². The van der Waals surface area contributed by atoms with Crippen molar-refractivity contribution in [3.8, 4) is 0 Å². The van der Waals surface area contributed by atoms with Crippen LogP contribution < -0.4 is 15.5 Å². The van der Waals surface area contributed by atoms with Gasteiger partial charge in [-0.2, -0.15) is 0 Å². The van der Waals surface area contributed by atoms with Crippen molar-refractivity contribution in [1.29, 1.82) is 0 Å². The Morgan fingerprint density at radius 2 is 1.96 bits per heavy atom. The van der Waals surface area contributed by atoms with Gasteiger partial charge in [0.25, 0.3) is 0 Å². The smallest absolute Gasteiger partial charge is 0.319 e. The molecule has 1 aliphatic heterocycles. The largest absolute Gasteiger partial charge is 0.334 e. The second-order valence-corrected chi connectivity index (χ2v) is 6.73. The van der Waals surface area contributed by atoms with E-state index in [1.54, 1.807) is 11.9 Å². The molecule has 2 N–H and O–H groups in total.